The molecule has 0 aromatic heterocycles. The summed E-state index contributed by atoms with van der Waals surface area (Å²) in [7, 11) is 0. The molecule has 0 heterocycles. The average molecular weight is 262 g/mol. The molecule has 0 aliphatic carbocycles. The first-order valence-electron chi connectivity index (χ1n) is 6.83. The van der Waals surface area contributed by atoms with Crippen LogP contribution < -0.4 is 11.1 Å². The summed E-state index contributed by atoms with van der Waals surface area (Å²) < 4.78 is 0. The SMILES string of the molecule is CC(C)(C)N.CC(C)(C)NCC=Cc1ccccc1. The van der Waals surface area contributed by atoms with Gasteiger partial charge in [-0.2, -0.15) is 0 Å². The molecule has 0 bridgehead atoms. The van der Waals surface area contributed by atoms with Crippen molar-refractivity contribution in [1.29, 1.82) is 0 Å². The van der Waals surface area contributed by atoms with Gasteiger partial charge in [0.2, 0.25) is 0 Å². The van der Waals surface area contributed by atoms with E-state index in [1.165, 1.54) is 5.56 Å². The minimum atomic E-state index is 0. The molecule has 0 radical (unpaired) electrons. The van der Waals surface area contributed by atoms with Gasteiger partial charge in [0.25, 0.3) is 0 Å². The van der Waals surface area contributed by atoms with Crippen molar-refractivity contribution < 1.29 is 0 Å². The number of rotatable bonds is 3. The molecular formula is C17H30N2. The second-order valence-corrected chi connectivity index (χ2v) is 6.81. The second kappa shape index (κ2) is 8.13. The van der Waals surface area contributed by atoms with Crippen molar-refractivity contribution in [3.8, 4) is 0 Å². The molecule has 0 unspecified atom stereocenters. The van der Waals surface area contributed by atoms with Gasteiger partial charge < -0.3 is 11.1 Å². The van der Waals surface area contributed by atoms with Crippen molar-refractivity contribution in [2.45, 2.75) is 52.6 Å². The van der Waals surface area contributed by atoms with Gasteiger partial charge in [0.05, 0.1) is 0 Å². The predicted molar refractivity (Wildman–Crippen MR) is 87.2 cm³/mol. The van der Waals surface area contributed by atoms with Crippen LogP contribution in [0.3, 0.4) is 0 Å². The highest BCUT2D eigenvalue weighted by atomic mass is 14.9. The smallest absolute Gasteiger partial charge is 0.0143 e. The molecular weight excluding hydrogens is 232 g/mol. The molecule has 1 rings (SSSR count). The lowest BCUT2D eigenvalue weighted by Crippen LogP contribution is -2.35. The number of benzene rings is 1. The Bertz CT molecular complexity index is 347. The van der Waals surface area contributed by atoms with Crippen LogP contribution in [0.1, 0.15) is 47.1 Å². The number of nitrogens with two attached hydrogens (primary N) is 1. The van der Waals surface area contributed by atoms with Crippen LogP contribution >= 0.6 is 0 Å². The zero-order valence-corrected chi connectivity index (χ0v) is 13.3. The fourth-order valence-corrected chi connectivity index (χ4v) is 1.12. The van der Waals surface area contributed by atoms with Crippen LogP contribution in [0, 0.1) is 0 Å². The Hall–Kier alpha value is -1.12. The molecule has 0 saturated carbocycles. The van der Waals surface area contributed by atoms with E-state index in [-0.39, 0.29) is 11.1 Å². The minimum Gasteiger partial charge on any atom is -0.326 e. The van der Waals surface area contributed by atoms with Crippen molar-refractivity contribution in [3.05, 3.63) is 42.0 Å². The van der Waals surface area contributed by atoms with Crippen LogP contribution in [-0.4, -0.2) is 17.6 Å². The van der Waals surface area contributed by atoms with E-state index < -0.39 is 0 Å². The zero-order valence-electron chi connectivity index (χ0n) is 13.3. The summed E-state index contributed by atoms with van der Waals surface area (Å²) in [5, 5.41) is 3.41. The second-order valence-electron chi connectivity index (χ2n) is 6.81. The van der Waals surface area contributed by atoms with Crippen LogP contribution in [0.15, 0.2) is 36.4 Å². The van der Waals surface area contributed by atoms with Crippen molar-refractivity contribution in [2.75, 3.05) is 6.54 Å². The van der Waals surface area contributed by atoms with Crippen molar-refractivity contribution in [1.82, 2.24) is 5.32 Å². The Kier molecular flexibility index (Phi) is 7.65. The first-order chi connectivity index (χ1) is 8.58. The van der Waals surface area contributed by atoms with E-state index in [2.05, 4.69) is 62.5 Å². The lowest BCUT2D eigenvalue weighted by molar-refractivity contribution is 0.450. The summed E-state index contributed by atoms with van der Waals surface area (Å²) in [4.78, 5) is 0. The highest BCUT2D eigenvalue weighted by molar-refractivity contribution is 5.48. The highest BCUT2D eigenvalue weighted by Gasteiger charge is 2.05. The topological polar surface area (TPSA) is 38.0 Å². The van der Waals surface area contributed by atoms with E-state index in [9.17, 15) is 0 Å². The molecule has 0 saturated heterocycles. The summed E-state index contributed by atoms with van der Waals surface area (Å²) in [5.41, 5.74) is 6.80. The third kappa shape index (κ3) is 16.9. The van der Waals surface area contributed by atoms with E-state index >= 15 is 0 Å². The van der Waals surface area contributed by atoms with Gasteiger partial charge in [-0.15, -0.1) is 0 Å². The van der Waals surface area contributed by atoms with Crippen LogP contribution in [-0.2, 0) is 0 Å². The first kappa shape index (κ1) is 17.9. The molecule has 3 N–H and O–H groups in total. The Labute approximate surface area is 119 Å². The maximum Gasteiger partial charge on any atom is 0.0143 e. The van der Waals surface area contributed by atoms with Crippen LogP contribution in [0.5, 0.6) is 0 Å². The molecule has 2 heteroatoms. The van der Waals surface area contributed by atoms with Gasteiger partial charge in [-0.25, -0.2) is 0 Å². The van der Waals surface area contributed by atoms with E-state index in [0.717, 1.165) is 6.54 Å². The molecule has 19 heavy (non-hydrogen) atoms. The molecule has 0 aliphatic heterocycles. The lowest BCUT2D eigenvalue weighted by Gasteiger charge is -2.18. The van der Waals surface area contributed by atoms with Gasteiger partial charge in [0.15, 0.2) is 0 Å². The number of nitrogens with one attached hydrogen (secondary N) is 1. The summed E-state index contributed by atoms with van der Waals surface area (Å²) >= 11 is 0. The van der Waals surface area contributed by atoms with E-state index in [0.29, 0.717) is 0 Å². The Balaban J connectivity index is 0.000000555. The normalized spacial score (nSPS) is 12.2. The van der Waals surface area contributed by atoms with Gasteiger partial charge in [-0.3, -0.25) is 0 Å². The molecule has 0 amide bonds. The quantitative estimate of drug-likeness (QED) is 0.869. The molecule has 0 spiro atoms. The maximum atomic E-state index is 5.35. The summed E-state index contributed by atoms with van der Waals surface area (Å²) in [6, 6.07) is 10.3. The molecule has 0 atom stereocenters. The molecule has 0 fully saturated rings. The van der Waals surface area contributed by atoms with Gasteiger partial charge in [-0.05, 0) is 47.1 Å². The van der Waals surface area contributed by atoms with Gasteiger partial charge in [-0.1, -0.05) is 42.5 Å². The van der Waals surface area contributed by atoms with Crippen molar-refractivity contribution in [2.24, 2.45) is 5.73 Å². The largest absolute Gasteiger partial charge is 0.326 e. The number of hydrogen-bond acceptors (Lipinski definition) is 2. The van der Waals surface area contributed by atoms with E-state index in [4.69, 9.17) is 5.73 Å². The van der Waals surface area contributed by atoms with Gasteiger partial charge in [0, 0.05) is 17.6 Å². The van der Waals surface area contributed by atoms with Gasteiger partial charge in [0.1, 0.15) is 0 Å². The van der Waals surface area contributed by atoms with E-state index in [1.807, 2.05) is 26.8 Å². The highest BCUT2D eigenvalue weighted by Crippen LogP contribution is 2.01. The summed E-state index contributed by atoms with van der Waals surface area (Å²) in [6.07, 6.45) is 4.29. The Morgan fingerprint density at radius 1 is 1.00 bits per heavy atom. The van der Waals surface area contributed by atoms with Crippen molar-refractivity contribution >= 4 is 6.08 Å². The van der Waals surface area contributed by atoms with Crippen LogP contribution in [0.2, 0.25) is 0 Å². The van der Waals surface area contributed by atoms with E-state index in [1.54, 1.807) is 0 Å². The standard InChI is InChI=1S/C13H19N.C4H11N/c1-13(2,3)14-11-7-10-12-8-5-4-6-9-12;1-4(2,3)5/h4-10,14H,11H2,1-3H3;5H2,1-3H3. The molecule has 0 aliphatic rings. The fraction of sp³-hybridized carbons (Fsp3) is 0.529. The van der Waals surface area contributed by atoms with Gasteiger partial charge >= 0.3 is 0 Å². The Morgan fingerprint density at radius 3 is 1.89 bits per heavy atom. The Morgan fingerprint density at radius 2 is 1.47 bits per heavy atom. The third-order valence-electron chi connectivity index (χ3n) is 1.86. The summed E-state index contributed by atoms with van der Waals surface area (Å²) in [5.74, 6) is 0. The minimum absolute atomic E-state index is 0. The predicted octanol–water partition coefficient (Wildman–Crippen LogP) is 3.83. The van der Waals surface area contributed by atoms with Crippen molar-refractivity contribution in [3.63, 3.8) is 0 Å². The zero-order chi connectivity index (χ0) is 14.9. The average Bonchev–Trinajstić information content (AvgIpc) is 2.22. The summed E-state index contributed by atoms with van der Waals surface area (Å²) in [6.45, 7) is 13.3. The maximum absolute atomic E-state index is 5.35. The molecule has 2 nitrogen and oxygen atoms in total. The van der Waals surface area contributed by atoms with Crippen LogP contribution in [0.4, 0.5) is 0 Å². The molecule has 1 aromatic carbocycles. The monoisotopic (exact) mass is 262 g/mol. The lowest BCUT2D eigenvalue weighted by atomic mass is 10.1. The first-order valence-corrected chi connectivity index (χ1v) is 6.83. The van der Waals surface area contributed by atoms with Crippen LogP contribution in [0.25, 0.3) is 6.08 Å². The molecule has 108 valence electrons. The third-order valence-corrected chi connectivity index (χ3v) is 1.86. The molecule has 1 aromatic rings. The fourth-order valence-electron chi connectivity index (χ4n) is 1.12. The number of hydrogen-bond donors (Lipinski definition) is 2.